The van der Waals surface area contributed by atoms with Gasteiger partial charge in [-0.15, -0.1) is 0 Å². The Hall–Kier alpha value is -1.84. The van der Waals surface area contributed by atoms with Gasteiger partial charge in [-0.1, -0.05) is 35.9 Å². The molecule has 0 radical (unpaired) electrons. The number of hydrogen-bond acceptors (Lipinski definition) is 2. The Morgan fingerprint density at radius 1 is 1.17 bits per heavy atom. The number of benzene rings is 2. The molecule has 3 nitrogen and oxygen atoms in total. The minimum absolute atomic E-state index is 0.00981. The van der Waals surface area contributed by atoms with Gasteiger partial charge >= 0.3 is 0 Å². The normalized spacial score (nSPS) is 18.8. The van der Waals surface area contributed by atoms with E-state index in [0.717, 1.165) is 24.3 Å². The van der Waals surface area contributed by atoms with E-state index in [-0.39, 0.29) is 11.8 Å². The Kier molecular flexibility index (Phi) is 5.54. The van der Waals surface area contributed by atoms with Crippen LogP contribution in [-0.2, 0) is 4.79 Å². The van der Waals surface area contributed by atoms with Gasteiger partial charge in [0.25, 0.3) is 0 Å². The number of rotatable bonds is 4. The minimum atomic E-state index is -0.218. The van der Waals surface area contributed by atoms with E-state index in [0.29, 0.717) is 10.9 Å². The summed E-state index contributed by atoms with van der Waals surface area (Å²) in [5, 5.41) is 7.12. The Bertz CT molecular complexity index is 676. The number of anilines is 1. The highest BCUT2D eigenvalue weighted by molar-refractivity contribution is 6.30. The summed E-state index contributed by atoms with van der Waals surface area (Å²) in [5.41, 5.74) is 3.14. The van der Waals surface area contributed by atoms with Crippen molar-refractivity contribution in [3.8, 4) is 0 Å². The van der Waals surface area contributed by atoms with E-state index in [9.17, 15) is 4.79 Å². The van der Waals surface area contributed by atoms with Gasteiger partial charge in [-0.25, -0.2) is 0 Å². The van der Waals surface area contributed by atoms with Crippen molar-refractivity contribution >= 4 is 23.2 Å². The Morgan fingerprint density at radius 3 is 2.50 bits per heavy atom. The molecule has 1 heterocycles. The topological polar surface area (TPSA) is 41.1 Å². The lowest BCUT2D eigenvalue weighted by molar-refractivity contribution is -0.117. The maximum atomic E-state index is 12.4. The van der Waals surface area contributed by atoms with E-state index in [1.165, 1.54) is 18.4 Å². The van der Waals surface area contributed by atoms with Crippen molar-refractivity contribution in [2.24, 2.45) is 0 Å². The summed E-state index contributed by atoms with van der Waals surface area (Å²) < 4.78 is 0. The fraction of sp³-hybridized carbons (Fsp3) is 0.350. The number of carbonyl (C=O) groups is 1. The predicted molar refractivity (Wildman–Crippen MR) is 99.8 cm³/mol. The van der Waals surface area contributed by atoms with E-state index in [1.54, 1.807) is 0 Å². The summed E-state index contributed by atoms with van der Waals surface area (Å²) in [5.74, 6) is 0.352. The summed E-state index contributed by atoms with van der Waals surface area (Å²) in [6.07, 6.45) is 2.45. The molecular formula is C20H23ClN2O. The van der Waals surface area contributed by atoms with Crippen LogP contribution in [0.4, 0.5) is 5.69 Å². The lowest BCUT2D eigenvalue weighted by atomic mass is 9.91. The minimum Gasteiger partial charge on any atom is -0.326 e. The van der Waals surface area contributed by atoms with Crippen LogP contribution >= 0.6 is 11.6 Å². The van der Waals surface area contributed by atoms with Crippen molar-refractivity contribution in [1.29, 1.82) is 0 Å². The van der Waals surface area contributed by atoms with Gasteiger partial charge in [0.05, 0.1) is 5.92 Å². The average molecular weight is 343 g/mol. The number of halogens is 1. The Labute approximate surface area is 148 Å². The second-order valence-corrected chi connectivity index (χ2v) is 6.86. The van der Waals surface area contributed by atoms with Gasteiger partial charge in [0, 0.05) is 17.3 Å². The summed E-state index contributed by atoms with van der Waals surface area (Å²) >= 11 is 5.90. The Balaban J connectivity index is 1.62. The summed E-state index contributed by atoms with van der Waals surface area (Å²) in [4.78, 5) is 12.4. The monoisotopic (exact) mass is 342 g/mol. The zero-order valence-corrected chi connectivity index (χ0v) is 14.6. The first-order valence-electron chi connectivity index (χ1n) is 8.50. The third-order valence-corrected chi connectivity index (χ3v) is 4.96. The van der Waals surface area contributed by atoms with Gasteiger partial charge in [-0.3, -0.25) is 4.79 Å². The van der Waals surface area contributed by atoms with Crippen molar-refractivity contribution in [3.05, 3.63) is 64.7 Å². The predicted octanol–water partition coefficient (Wildman–Crippen LogP) is 4.55. The fourth-order valence-electron chi connectivity index (χ4n) is 3.13. The summed E-state index contributed by atoms with van der Waals surface area (Å²) in [6.45, 7) is 4.06. The van der Waals surface area contributed by atoms with E-state index in [4.69, 9.17) is 11.6 Å². The molecule has 1 aliphatic heterocycles. The van der Waals surface area contributed by atoms with Gasteiger partial charge in [-0.05, 0) is 67.6 Å². The van der Waals surface area contributed by atoms with Gasteiger partial charge in [0.15, 0.2) is 0 Å². The molecule has 2 atom stereocenters. The highest BCUT2D eigenvalue weighted by Crippen LogP contribution is 2.25. The maximum absolute atomic E-state index is 12.4. The first kappa shape index (κ1) is 17.0. The van der Waals surface area contributed by atoms with Gasteiger partial charge < -0.3 is 10.6 Å². The van der Waals surface area contributed by atoms with Crippen molar-refractivity contribution in [2.75, 3.05) is 18.4 Å². The van der Waals surface area contributed by atoms with Gasteiger partial charge in [0.1, 0.15) is 0 Å². The lowest BCUT2D eigenvalue weighted by Gasteiger charge is -2.23. The zero-order valence-electron chi connectivity index (χ0n) is 13.9. The molecule has 24 heavy (non-hydrogen) atoms. The van der Waals surface area contributed by atoms with E-state index in [2.05, 4.69) is 22.8 Å². The molecule has 3 rings (SSSR count). The standard InChI is InChI=1S/C20H23ClN2O/c1-14(15-4-8-18(21)9-5-15)20(24)23-19-10-6-16(7-11-19)17-3-2-12-22-13-17/h4-11,14,17,22H,2-3,12-13H2,1H3,(H,23,24). The molecule has 0 aliphatic carbocycles. The zero-order chi connectivity index (χ0) is 16.9. The third kappa shape index (κ3) is 4.16. The molecule has 126 valence electrons. The van der Waals surface area contributed by atoms with E-state index < -0.39 is 0 Å². The smallest absolute Gasteiger partial charge is 0.231 e. The molecule has 1 amide bonds. The first-order chi connectivity index (χ1) is 11.6. The number of piperidine rings is 1. The lowest BCUT2D eigenvalue weighted by Crippen LogP contribution is -2.28. The van der Waals surface area contributed by atoms with E-state index in [1.807, 2.05) is 43.3 Å². The molecule has 1 fully saturated rings. The molecular weight excluding hydrogens is 320 g/mol. The number of hydrogen-bond donors (Lipinski definition) is 2. The van der Waals surface area contributed by atoms with Crippen LogP contribution in [0, 0.1) is 0 Å². The first-order valence-corrected chi connectivity index (χ1v) is 8.88. The molecule has 2 unspecified atom stereocenters. The number of amides is 1. The van der Waals surface area contributed by atoms with Crippen LogP contribution in [0.25, 0.3) is 0 Å². The molecule has 2 aromatic rings. The molecule has 1 aliphatic rings. The molecule has 2 aromatic carbocycles. The SMILES string of the molecule is CC(C(=O)Nc1ccc(C2CCCNC2)cc1)c1ccc(Cl)cc1. The second-order valence-electron chi connectivity index (χ2n) is 6.43. The van der Waals surface area contributed by atoms with Crippen molar-refractivity contribution < 1.29 is 4.79 Å². The number of nitrogens with one attached hydrogen (secondary N) is 2. The molecule has 0 bridgehead atoms. The number of carbonyl (C=O) groups excluding carboxylic acids is 1. The van der Waals surface area contributed by atoms with Crippen LogP contribution in [0.2, 0.25) is 5.02 Å². The molecule has 1 saturated heterocycles. The largest absolute Gasteiger partial charge is 0.326 e. The molecule has 0 spiro atoms. The van der Waals surface area contributed by atoms with Crippen LogP contribution in [0.1, 0.15) is 42.7 Å². The van der Waals surface area contributed by atoms with Crippen LogP contribution in [-0.4, -0.2) is 19.0 Å². The molecule has 4 heteroatoms. The molecule has 2 N–H and O–H groups in total. The summed E-state index contributed by atoms with van der Waals surface area (Å²) in [6, 6.07) is 15.7. The van der Waals surface area contributed by atoms with Crippen molar-refractivity contribution in [3.63, 3.8) is 0 Å². The van der Waals surface area contributed by atoms with Crippen molar-refractivity contribution in [1.82, 2.24) is 5.32 Å². The van der Waals surface area contributed by atoms with Crippen LogP contribution in [0.3, 0.4) is 0 Å². The molecule has 0 saturated carbocycles. The second kappa shape index (κ2) is 7.82. The highest BCUT2D eigenvalue weighted by Gasteiger charge is 2.17. The Morgan fingerprint density at radius 2 is 1.88 bits per heavy atom. The third-order valence-electron chi connectivity index (χ3n) is 4.71. The highest BCUT2D eigenvalue weighted by atomic mass is 35.5. The summed E-state index contributed by atoms with van der Waals surface area (Å²) in [7, 11) is 0. The average Bonchev–Trinajstić information content (AvgIpc) is 2.63. The fourth-order valence-corrected chi connectivity index (χ4v) is 3.25. The van der Waals surface area contributed by atoms with Gasteiger partial charge in [0.2, 0.25) is 5.91 Å². The molecule has 0 aromatic heterocycles. The van der Waals surface area contributed by atoms with Gasteiger partial charge in [-0.2, -0.15) is 0 Å². The van der Waals surface area contributed by atoms with Crippen LogP contribution in [0.15, 0.2) is 48.5 Å². The van der Waals surface area contributed by atoms with E-state index >= 15 is 0 Å². The van der Waals surface area contributed by atoms with Crippen LogP contribution < -0.4 is 10.6 Å². The quantitative estimate of drug-likeness (QED) is 0.855. The van der Waals surface area contributed by atoms with Crippen molar-refractivity contribution in [2.45, 2.75) is 31.6 Å². The van der Waals surface area contributed by atoms with Crippen LogP contribution in [0.5, 0.6) is 0 Å². The maximum Gasteiger partial charge on any atom is 0.231 e.